The molecule has 1 aromatic rings. The Balaban J connectivity index is 2.82. The second kappa shape index (κ2) is 18.0. The molecule has 0 spiro atoms. The van der Waals surface area contributed by atoms with Crippen LogP contribution in [0, 0.1) is 21.7 Å². The van der Waals surface area contributed by atoms with E-state index in [0.29, 0.717) is 10.6 Å². The van der Waals surface area contributed by atoms with E-state index in [4.69, 9.17) is 40.0 Å². The number of ether oxygens (including phenoxy) is 6. The molecule has 6 atom stereocenters. The fraction of sp³-hybridized carbons (Fsp3) is 0.667. The van der Waals surface area contributed by atoms with Gasteiger partial charge in [-0.05, 0) is 114 Å². The van der Waals surface area contributed by atoms with E-state index in [9.17, 15) is 24.0 Å². The van der Waals surface area contributed by atoms with Gasteiger partial charge in [0.05, 0.1) is 28.3 Å². The fourth-order valence-corrected chi connectivity index (χ4v) is 4.78. The van der Waals surface area contributed by atoms with Gasteiger partial charge in [-0.2, -0.15) is 0 Å². The van der Waals surface area contributed by atoms with Crippen LogP contribution in [0.1, 0.15) is 108 Å². The van der Waals surface area contributed by atoms with Gasteiger partial charge in [0.2, 0.25) is 0 Å². The van der Waals surface area contributed by atoms with Crippen molar-refractivity contribution in [2.75, 3.05) is 13.2 Å². The van der Waals surface area contributed by atoms with Crippen molar-refractivity contribution in [3.8, 4) is 0 Å². The van der Waals surface area contributed by atoms with Crippen molar-refractivity contribution in [3.63, 3.8) is 0 Å². The van der Waals surface area contributed by atoms with Gasteiger partial charge in [-0.25, -0.2) is 4.79 Å². The normalized spacial score (nSPS) is 21.9. The quantitative estimate of drug-likeness (QED) is 0.138. The van der Waals surface area contributed by atoms with E-state index >= 15 is 0 Å². The molecule has 2 rings (SSSR count). The van der Waals surface area contributed by atoms with Crippen molar-refractivity contribution < 1.29 is 52.4 Å². The molecular weight excluding hydrogens is 694 g/mol. The minimum atomic E-state index is -1.43. The first-order valence-electron chi connectivity index (χ1n) is 17.6. The van der Waals surface area contributed by atoms with Gasteiger partial charge in [0.25, 0.3) is 0 Å². The minimum Gasteiger partial charge on any atom is -0.463 e. The highest BCUT2D eigenvalue weighted by molar-refractivity contribution is 6.30. The molecule has 0 saturated carbocycles. The molecule has 292 valence electrons. The summed E-state index contributed by atoms with van der Waals surface area (Å²) in [7, 11) is 0. The molecule has 1 fully saturated rings. The van der Waals surface area contributed by atoms with Crippen molar-refractivity contribution in [2.45, 2.75) is 133 Å². The lowest BCUT2D eigenvalue weighted by Crippen LogP contribution is -2.66. The third-order valence-electron chi connectivity index (χ3n) is 7.72. The lowest BCUT2D eigenvalue weighted by atomic mass is 9.92. The molecule has 1 aliphatic heterocycles. The van der Waals surface area contributed by atoms with E-state index in [0.717, 1.165) is 0 Å². The molecule has 52 heavy (non-hydrogen) atoms. The molecule has 13 heteroatoms. The molecule has 0 radical (unpaired) electrons. The fourth-order valence-electron chi connectivity index (χ4n) is 4.58. The Kier molecular flexibility index (Phi) is 15.5. The van der Waals surface area contributed by atoms with Crippen LogP contribution >= 0.6 is 11.6 Å². The van der Waals surface area contributed by atoms with Crippen LogP contribution in [0.3, 0.4) is 0 Å². The molecule has 1 heterocycles. The summed E-state index contributed by atoms with van der Waals surface area (Å²) in [6.45, 7) is 21.5. The number of carbonyl (C=O) groups is 5. The summed E-state index contributed by atoms with van der Waals surface area (Å²) < 4.78 is 35.6. The zero-order valence-corrected chi connectivity index (χ0v) is 33.7. The number of rotatable bonds is 12. The van der Waals surface area contributed by atoms with Crippen molar-refractivity contribution in [1.29, 1.82) is 0 Å². The first-order valence-corrected chi connectivity index (χ1v) is 17.9. The van der Waals surface area contributed by atoms with Gasteiger partial charge < -0.3 is 28.4 Å². The van der Waals surface area contributed by atoms with Gasteiger partial charge in [-0.15, -0.1) is 0 Å². The SMILES string of the molecule is CCOC(=O)/C=C/C[C@H](N[C@@H]1O[C@H](COC(=O)C(C)(C)C)[C@H](OC(=O)C(C)(C)C)[C@H](OC(=O)C(C)(C)C)[C@H]1OC(=O)C(C)(C)C)c1cccc(Cl)c1. The van der Waals surface area contributed by atoms with E-state index in [2.05, 4.69) is 5.32 Å². The summed E-state index contributed by atoms with van der Waals surface area (Å²) in [4.78, 5) is 65.9. The zero-order valence-electron chi connectivity index (χ0n) is 32.9. The van der Waals surface area contributed by atoms with E-state index in [1.165, 1.54) is 6.08 Å². The van der Waals surface area contributed by atoms with Crippen molar-refractivity contribution >= 4 is 41.4 Å². The Hall–Kier alpha value is -3.48. The first-order chi connectivity index (χ1) is 23.7. The van der Waals surface area contributed by atoms with Crippen LogP contribution < -0.4 is 5.32 Å². The van der Waals surface area contributed by atoms with Crippen LogP contribution in [-0.2, 0) is 52.4 Å². The topological polar surface area (TPSA) is 153 Å². The lowest BCUT2D eigenvalue weighted by molar-refractivity contribution is -0.266. The summed E-state index contributed by atoms with van der Waals surface area (Å²) in [6, 6.07) is 6.37. The number of benzene rings is 1. The molecule has 0 bridgehead atoms. The van der Waals surface area contributed by atoms with Crippen LogP contribution in [0.15, 0.2) is 36.4 Å². The monoisotopic (exact) mass is 751 g/mol. The van der Waals surface area contributed by atoms with E-state index in [-0.39, 0.29) is 13.0 Å². The average molecular weight is 752 g/mol. The maximum atomic E-state index is 13.6. The van der Waals surface area contributed by atoms with Gasteiger partial charge >= 0.3 is 29.8 Å². The van der Waals surface area contributed by atoms with Crippen LogP contribution in [0.4, 0.5) is 0 Å². The molecule has 12 nitrogen and oxygen atoms in total. The highest BCUT2D eigenvalue weighted by Gasteiger charge is 2.55. The van der Waals surface area contributed by atoms with Gasteiger partial charge in [0.1, 0.15) is 12.7 Å². The van der Waals surface area contributed by atoms with E-state index < -0.39 is 94.8 Å². The van der Waals surface area contributed by atoms with Gasteiger partial charge in [0.15, 0.2) is 24.5 Å². The Bertz CT molecular complexity index is 1450. The summed E-state index contributed by atoms with van der Waals surface area (Å²) in [5.41, 5.74) is -3.22. The highest BCUT2D eigenvalue weighted by Crippen LogP contribution is 2.35. The number of hydrogen-bond acceptors (Lipinski definition) is 12. The first kappa shape index (κ1) is 44.7. The lowest BCUT2D eigenvalue weighted by Gasteiger charge is -2.47. The van der Waals surface area contributed by atoms with Crippen LogP contribution in [0.2, 0.25) is 5.02 Å². The second-order valence-electron chi connectivity index (χ2n) is 17.0. The van der Waals surface area contributed by atoms with Crippen molar-refractivity contribution in [3.05, 3.63) is 47.0 Å². The summed E-state index contributed by atoms with van der Waals surface area (Å²) in [5, 5.41) is 3.81. The zero-order chi connectivity index (χ0) is 39.8. The third-order valence-corrected chi connectivity index (χ3v) is 7.96. The molecule has 0 aliphatic carbocycles. The number of carbonyl (C=O) groups excluding carboxylic acids is 5. The molecule has 1 aliphatic rings. The van der Waals surface area contributed by atoms with Crippen molar-refractivity contribution in [1.82, 2.24) is 5.32 Å². The van der Waals surface area contributed by atoms with E-state index in [1.54, 1.807) is 114 Å². The molecule has 0 amide bonds. The average Bonchev–Trinajstić information content (AvgIpc) is 3.00. The molecular formula is C39H58ClNO11. The largest absolute Gasteiger partial charge is 0.463 e. The minimum absolute atomic E-state index is 0.201. The predicted molar refractivity (Wildman–Crippen MR) is 195 cm³/mol. The summed E-state index contributed by atoms with van der Waals surface area (Å²) in [6.07, 6.45) is -3.52. The molecule has 1 saturated heterocycles. The van der Waals surface area contributed by atoms with E-state index in [1.807, 2.05) is 6.07 Å². The van der Waals surface area contributed by atoms with Gasteiger partial charge in [-0.3, -0.25) is 24.5 Å². The van der Waals surface area contributed by atoms with Crippen molar-refractivity contribution in [2.24, 2.45) is 21.7 Å². The highest BCUT2D eigenvalue weighted by atomic mass is 35.5. The standard InChI is InChI=1S/C39H58ClNO11/c1-14-47-27(42)20-16-19-25(23-17-15-18-24(40)21-23)41-31-30(52-35(46)39(11,12)13)29(51-34(45)38(8,9)10)28(50-33(44)37(5,6)7)26(49-31)22-48-32(43)36(2,3)4/h15-18,20-21,25-26,28-31,41H,14,19,22H2,1-13H3/b20-16+/t25-,26+,28-,29-,30+,31+/m0/s1. The Morgan fingerprint density at radius 3 is 1.73 bits per heavy atom. The van der Waals surface area contributed by atoms with Crippen LogP contribution in [-0.4, -0.2) is 73.7 Å². The van der Waals surface area contributed by atoms with Crippen LogP contribution in [0.25, 0.3) is 0 Å². The number of halogens is 1. The summed E-state index contributed by atoms with van der Waals surface area (Å²) >= 11 is 6.39. The maximum absolute atomic E-state index is 13.6. The molecule has 0 aromatic heterocycles. The smallest absolute Gasteiger partial charge is 0.330 e. The second-order valence-corrected chi connectivity index (χ2v) is 17.4. The maximum Gasteiger partial charge on any atom is 0.330 e. The Morgan fingerprint density at radius 2 is 1.25 bits per heavy atom. The molecule has 1 N–H and O–H groups in total. The number of hydrogen-bond donors (Lipinski definition) is 1. The molecule has 1 aromatic carbocycles. The molecule has 0 unspecified atom stereocenters. The Morgan fingerprint density at radius 1 is 0.750 bits per heavy atom. The number of esters is 5. The number of nitrogens with one attached hydrogen (secondary N) is 1. The van der Waals surface area contributed by atoms with Crippen LogP contribution in [0.5, 0.6) is 0 Å². The third kappa shape index (κ3) is 13.5. The summed E-state index contributed by atoms with van der Waals surface area (Å²) in [5.74, 6) is -3.05. The Labute approximate surface area is 313 Å². The van der Waals surface area contributed by atoms with Gasteiger partial charge in [-0.1, -0.05) is 29.8 Å². The van der Waals surface area contributed by atoms with Gasteiger partial charge in [0, 0.05) is 17.1 Å². The predicted octanol–water partition coefficient (Wildman–Crippen LogP) is 6.67.